The fourth-order valence-electron chi connectivity index (χ4n) is 2.81. The molecule has 0 amide bonds. The number of methoxy groups -OCH3 is 1. The van der Waals surface area contributed by atoms with Gasteiger partial charge in [-0.05, 0) is 36.6 Å². The van der Waals surface area contributed by atoms with Crippen molar-refractivity contribution in [1.29, 1.82) is 0 Å². The molecule has 23 heavy (non-hydrogen) atoms. The van der Waals surface area contributed by atoms with E-state index in [2.05, 4.69) is 32.3 Å². The van der Waals surface area contributed by atoms with Gasteiger partial charge in [0.05, 0.1) is 7.11 Å². The van der Waals surface area contributed by atoms with Gasteiger partial charge >= 0.3 is 0 Å². The van der Waals surface area contributed by atoms with Crippen LogP contribution >= 0.6 is 0 Å². The van der Waals surface area contributed by atoms with Crippen LogP contribution in [0.1, 0.15) is 31.2 Å². The SMILES string of the molecule is COc1ccc(CNc2ccnc(N3CCCCCC3)n2)cc1. The molecule has 0 unspecified atom stereocenters. The van der Waals surface area contributed by atoms with Gasteiger partial charge in [-0.25, -0.2) is 4.98 Å². The van der Waals surface area contributed by atoms with E-state index in [-0.39, 0.29) is 0 Å². The Balaban J connectivity index is 1.62. The maximum absolute atomic E-state index is 5.18. The predicted octanol–water partition coefficient (Wildman–Crippen LogP) is 3.48. The van der Waals surface area contributed by atoms with Crippen molar-refractivity contribution in [2.75, 3.05) is 30.4 Å². The lowest BCUT2D eigenvalue weighted by Crippen LogP contribution is -2.26. The first kappa shape index (κ1) is 15.6. The summed E-state index contributed by atoms with van der Waals surface area (Å²) >= 11 is 0. The molecule has 2 heterocycles. The average Bonchev–Trinajstić information content (AvgIpc) is 2.90. The second-order valence-corrected chi connectivity index (χ2v) is 5.84. The molecule has 122 valence electrons. The molecule has 3 rings (SSSR count). The van der Waals surface area contributed by atoms with Crippen molar-refractivity contribution in [2.45, 2.75) is 32.2 Å². The molecule has 1 saturated heterocycles. The maximum atomic E-state index is 5.18. The van der Waals surface area contributed by atoms with Crippen LogP contribution in [0.25, 0.3) is 0 Å². The monoisotopic (exact) mass is 312 g/mol. The summed E-state index contributed by atoms with van der Waals surface area (Å²) < 4.78 is 5.18. The Morgan fingerprint density at radius 1 is 1.04 bits per heavy atom. The average molecular weight is 312 g/mol. The molecule has 5 nitrogen and oxygen atoms in total. The zero-order valence-electron chi connectivity index (χ0n) is 13.7. The molecule has 0 spiro atoms. The van der Waals surface area contributed by atoms with Gasteiger partial charge in [0, 0.05) is 25.8 Å². The van der Waals surface area contributed by atoms with Gasteiger partial charge in [-0.1, -0.05) is 25.0 Å². The van der Waals surface area contributed by atoms with Crippen molar-refractivity contribution in [3.8, 4) is 5.75 Å². The Labute approximate surface area is 137 Å². The Kier molecular flexibility index (Phi) is 5.29. The molecule has 0 radical (unpaired) electrons. The molecule has 1 aliphatic rings. The van der Waals surface area contributed by atoms with Crippen LogP contribution in [0, 0.1) is 0 Å². The highest BCUT2D eigenvalue weighted by molar-refractivity contribution is 5.42. The van der Waals surface area contributed by atoms with Crippen molar-refractivity contribution in [3.63, 3.8) is 0 Å². The third kappa shape index (κ3) is 4.34. The molecule has 0 aliphatic carbocycles. The predicted molar refractivity (Wildman–Crippen MR) is 93.0 cm³/mol. The first-order valence-electron chi connectivity index (χ1n) is 8.30. The number of ether oxygens (including phenoxy) is 1. The number of rotatable bonds is 5. The highest BCUT2D eigenvalue weighted by Crippen LogP contribution is 2.17. The number of nitrogens with zero attached hydrogens (tertiary/aromatic N) is 3. The Hall–Kier alpha value is -2.30. The van der Waals surface area contributed by atoms with E-state index in [0.29, 0.717) is 0 Å². The molecule has 1 N–H and O–H groups in total. The summed E-state index contributed by atoms with van der Waals surface area (Å²) in [6.07, 6.45) is 6.92. The third-order valence-electron chi connectivity index (χ3n) is 4.16. The summed E-state index contributed by atoms with van der Waals surface area (Å²) in [5, 5.41) is 3.37. The van der Waals surface area contributed by atoms with E-state index in [0.717, 1.165) is 37.1 Å². The minimum atomic E-state index is 0.737. The maximum Gasteiger partial charge on any atom is 0.227 e. The summed E-state index contributed by atoms with van der Waals surface area (Å²) in [5.41, 5.74) is 1.20. The van der Waals surface area contributed by atoms with E-state index in [1.54, 1.807) is 7.11 Å². The quantitative estimate of drug-likeness (QED) is 0.916. The molecule has 5 heteroatoms. The van der Waals surface area contributed by atoms with Crippen LogP contribution in [-0.2, 0) is 6.54 Å². The molecule has 0 atom stereocenters. The molecular formula is C18H24N4O. The van der Waals surface area contributed by atoms with Crippen LogP contribution in [0.2, 0.25) is 0 Å². The van der Waals surface area contributed by atoms with Crippen molar-refractivity contribution < 1.29 is 4.74 Å². The summed E-state index contributed by atoms with van der Waals surface area (Å²) in [6.45, 7) is 2.85. The van der Waals surface area contributed by atoms with Crippen molar-refractivity contribution in [1.82, 2.24) is 9.97 Å². The minimum Gasteiger partial charge on any atom is -0.497 e. The zero-order chi connectivity index (χ0) is 15.9. The first-order chi connectivity index (χ1) is 11.3. The third-order valence-corrected chi connectivity index (χ3v) is 4.16. The summed E-state index contributed by atoms with van der Waals surface area (Å²) in [5.74, 6) is 2.58. The topological polar surface area (TPSA) is 50.3 Å². The van der Waals surface area contributed by atoms with E-state index in [4.69, 9.17) is 4.74 Å². The van der Waals surface area contributed by atoms with Gasteiger partial charge < -0.3 is 15.0 Å². The van der Waals surface area contributed by atoms with E-state index < -0.39 is 0 Å². The first-order valence-corrected chi connectivity index (χ1v) is 8.30. The van der Waals surface area contributed by atoms with Gasteiger partial charge in [0.15, 0.2) is 0 Å². The Morgan fingerprint density at radius 2 is 1.78 bits per heavy atom. The van der Waals surface area contributed by atoms with Crippen LogP contribution in [0.3, 0.4) is 0 Å². The van der Waals surface area contributed by atoms with Crippen LogP contribution in [0.5, 0.6) is 5.75 Å². The number of aromatic nitrogens is 2. The molecule has 1 aliphatic heterocycles. The fraction of sp³-hybridized carbons (Fsp3) is 0.444. The number of nitrogens with one attached hydrogen (secondary N) is 1. The second-order valence-electron chi connectivity index (χ2n) is 5.84. The molecule has 2 aromatic rings. The highest BCUT2D eigenvalue weighted by Gasteiger charge is 2.12. The lowest BCUT2D eigenvalue weighted by Gasteiger charge is -2.20. The van der Waals surface area contributed by atoms with Gasteiger partial charge in [0.2, 0.25) is 5.95 Å². The molecule has 1 aromatic carbocycles. The standard InChI is InChI=1S/C18H24N4O/c1-23-16-8-6-15(7-9-16)14-20-17-10-11-19-18(21-17)22-12-4-2-3-5-13-22/h6-11H,2-5,12-14H2,1H3,(H,19,20,21). The van der Waals surface area contributed by atoms with Crippen LogP contribution in [0.15, 0.2) is 36.5 Å². The van der Waals surface area contributed by atoms with Crippen molar-refractivity contribution in [3.05, 3.63) is 42.1 Å². The number of hydrogen-bond donors (Lipinski definition) is 1. The Bertz CT molecular complexity index is 607. The minimum absolute atomic E-state index is 0.737. The molecular weight excluding hydrogens is 288 g/mol. The van der Waals surface area contributed by atoms with E-state index in [1.807, 2.05) is 24.4 Å². The fourth-order valence-corrected chi connectivity index (χ4v) is 2.81. The van der Waals surface area contributed by atoms with Crippen molar-refractivity contribution in [2.24, 2.45) is 0 Å². The number of anilines is 2. The molecule has 1 fully saturated rings. The number of hydrogen-bond acceptors (Lipinski definition) is 5. The zero-order valence-corrected chi connectivity index (χ0v) is 13.7. The van der Waals surface area contributed by atoms with Crippen LogP contribution < -0.4 is 15.0 Å². The van der Waals surface area contributed by atoms with Gasteiger partial charge in [0.1, 0.15) is 11.6 Å². The van der Waals surface area contributed by atoms with Gasteiger partial charge in [0.25, 0.3) is 0 Å². The van der Waals surface area contributed by atoms with Gasteiger partial charge in [-0.15, -0.1) is 0 Å². The lowest BCUT2D eigenvalue weighted by atomic mass is 10.2. The number of benzene rings is 1. The highest BCUT2D eigenvalue weighted by atomic mass is 16.5. The Morgan fingerprint density at radius 3 is 2.48 bits per heavy atom. The molecule has 0 saturated carbocycles. The van der Waals surface area contributed by atoms with Gasteiger partial charge in [-0.2, -0.15) is 4.98 Å². The van der Waals surface area contributed by atoms with E-state index in [1.165, 1.54) is 31.2 Å². The summed E-state index contributed by atoms with van der Waals surface area (Å²) in [4.78, 5) is 11.4. The van der Waals surface area contributed by atoms with Crippen LogP contribution in [0.4, 0.5) is 11.8 Å². The second kappa shape index (κ2) is 7.81. The summed E-state index contributed by atoms with van der Waals surface area (Å²) in [6, 6.07) is 9.98. The van der Waals surface area contributed by atoms with Crippen molar-refractivity contribution >= 4 is 11.8 Å². The summed E-state index contributed by atoms with van der Waals surface area (Å²) in [7, 11) is 1.68. The smallest absolute Gasteiger partial charge is 0.227 e. The van der Waals surface area contributed by atoms with Gasteiger partial charge in [-0.3, -0.25) is 0 Å². The normalized spacial score (nSPS) is 15.1. The molecule has 0 bridgehead atoms. The molecule has 1 aromatic heterocycles. The van der Waals surface area contributed by atoms with E-state index in [9.17, 15) is 0 Å². The van der Waals surface area contributed by atoms with Crippen LogP contribution in [-0.4, -0.2) is 30.2 Å². The lowest BCUT2D eigenvalue weighted by molar-refractivity contribution is 0.414. The van der Waals surface area contributed by atoms with E-state index >= 15 is 0 Å². The largest absolute Gasteiger partial charge is 0.497 e.